The molecule has 6 nitrogen and oxygen atoms in total. The molecule has 0 fully saturated rings. The van der Waals surface area contributed by atoms with Gasteiger partial charge in [-0.1, -0.05) is 60.7 Å². The zero-order chi connectivity index (χ0) is 28.1. The minimum atomic E-state index is -4.03. The van der Waals surface area contributed by atoms with Crippen LogP contribution < -0.4 is 14.4 Å². The second kappa shape index (κ2) is 12.0. The van der Waals surface area contributed by atoms with Gasteiger partial charge in [0.25, 0.3) is 15.9 Å². The molecular weight excluding hydrogens is 520 g/mol. The number of hydrogen-bond acceptors (Lipinski definition) is 4. The number of methoxy groups -OCH3 is 1. The summed E-state index contributed by atoms with van der Waals surface area (Å²) in [4.78, 5) is 13.8. The average molecular weight is 555 g/mol. The van der Waals surface area contributed by atoms with Crippen LogP contribution in [0, 0.1) is 0 Å². The fourth-order valence-corrected chi connectivity index (χ4v) is 6.66. The second-order valence-corrected chi connectivity index (χ2v) is 12.0. The summed E-state index contributed by atoms with van der Waals surface area (Å²) in [5, 5.41) is 3.11. The lowest BCUT2D eigenvalue weighted by Gasteiger charge is -2.27. The zero-order valence-corrected chi connectivity index (χ0v) is 23.7. The molecule has 1 aliphatic rings. The molecule has 0 aliphatic heterocycles. The third-order valence-electron chi connectivity index (χ3n) is 7.45. The number of anilines is 1. The number of nitrogens with one attached hydrogen (secondary N) is 1. The smallest absolute Gasteiger partial charge is 0.264 e. The molecule has 206 valence electrons. The number of rotatable bonds is 9. The fourth-order valence-electron chi connectivity index (χ4n) is 5.19. The van der Waals surface area contributed by atoms with Gasteiger partial charge in [-0.2, -0.15) is 0 Å². The number of amides is 1. The number of carbonyl (C=O) groups excluding carboxylic acids is 1. The molecule has 0 saturated carbocycles. The van der Waals surface area contributed by atoms with Crippen LogP contribution in [0.25, 0.3) is 0 Å². The van der Waals surface area contributed by atoms with Gasteiger partial charge in [0, 0.05) is 0 Å². The summed E-state index contributed by atoms with van der Waals surface area (Å²) >= 11 is 0. The molecule has 1 atom stereocenters. The normalized spacial score (nSPS) is 13.7. The summed E-state index contributed by atoms with van der Waals surface area (Å²) in [6, 6.07) is 28.7. The first-order valence-corrected chi connectivity index (χ1v) is 15.0. The Kier molecular flexibility index (Phi) is 8.21. The van der Waals surface area contributed by atoms with Crippen LogP contribution in [0.3, 0.4) is 0 Å². The van der Waals surface area contributed by atoms with Gasteiger partial charge in [0.2, 0.25) is 0 Å². The van der Waals surface area contributed by atoms with Crippen molar-refractivity contribution in [3.63, 3.8) is 0 Å². The maximum atomic E-state index is 14.0. The number of hydrogen-bond donors (Lipinski definition) is 1. The molecule has 0 radical (unpaired) electrons. The molecule has 0 aromatic heterocycles. The summed E-state index contributed by atoms with van der Waals surface area (Å²) in [6.45, 7) is 2.03. The summed E-state index contributed by atoms with van der Waals surface area (Å²) in [5.74, 6) is 0.230. The molecule has 0 heterocycles. The molecule has 1 N–H and O–H groups in total. The Bertz CT molecular complexity index is 1580. The number of ether oxygens (including phenoxy) is 1. The van der Waals surface area contributed by atoms with Gasteiger partial charge in [-0.25, -0.2) is 8.42 Å². The maximum absolute atomic E-state index is 14.0. The van der Waals surface area contributed by atoms with Gasteiger partial charge < -0.3 is 10.1 Å². The lowest BCUT2D eigenvalue weighted by Crippen LogP contribution is -2.34. The van der Waals surface area contributed by atoms with Crippen LogP contribution in [0.5, 0.6) is 5.75 Å². The van der Waals surface area contributed by atoms with E-state index in [9.17, 15) is 13.2 Å². The molecule has 7 heteroatoms. The quantitative estimate of drug-likeness (QED) is 0.258. The third kappa shape index (κ3) is 5.89. The first-order valence-electron chi connectivity index (χ1n) is 13.6. The Morgan fingerprint density at radius 2 is 1.55 bits per heavy atom. The minimum Gasteiger partial charge on any atom is -0.497 e. The monoisotopic (exact) mass is 554 g/mol. The first kappa shape index (κ1) is 27.5. The third-order valence-corrected chi connectivity index (χ3v) is 9.23. The number of nitrogens with zero attached hydrogens (tertiary/aromatic N) is 1. The number of fused-ring (bicyclic) bond motifs is 1. The van der Waals surface area contributed by atoms with Crippen molar-refractivity contribution in [2.75, 3.05) is 11.4 Å². The fraction of sp³-hybridized carbons (Fsp3) is 0.242. The highest BCUT2D eigenvalue weighted by Gasteiger charge is 2.29. The molecule has 0 saturated heterocycles. The van der Waals surface area contributed by atoms with Crippen molar-refractivity contribution in [2.24, 2.45) is 0 Å². The van der Waals surface area contributed by atoms with E-state index in [0.29, 0.717) is 17.0 Å². The molecule has 4 aromatic rings. The van der Waals surface area contributed by atoms with Gasteiger partial charge >= 0.3 is 0 Å². The Morgan fingerprint density at radius 1 is 0.875 bits per heavy atom. The van der Waals surface area contributed by atoms with E-state index in [1.807, 2.05) is 37.3 Å². The molecule has 0 bridgehead atoms. The molecule has 1 amide bonds. The van der Waals surface area contributed by atoms with E-state index >= 15 is 0 Å². The molecule has 40 heavy (non-hydrogen) atoms. The SMILES string of the molecule is COc1ccc(S(=O)(=O)N(Cc2ccccc2)c2ccccc2C(=O)N[C@H](C)c2ccc3c(c2)CCCC3)cc1. The largest absolute Gasteiger partial charge is 0.497 e. The van der Waals surface area contributed by atoms with Crippen molar-refractivity contribution in [2.45, 2.75) is 50.1 Å². The number of carbonyl (C=O) groups is 1. The van der Waals surface area contributed by atoms with E-state index in [1.54, 1.807) is 36.4 Å². The molecule has 5 rings (SSSR count). The van der Waals surface area contributed by atoms with Crippen molar-refractivity contribution >= 4 is 21.6 Å². The highest BCUT2D eigenvalue weighted by molar-refractivity contribution is 7.92. The summed E-state index contributed by atoms with van der Waals surface area (Å²) in [7, 11) is -2.49. The first-order chi connectivity index (χ1) is 19.4. The summed E-state index contributed by atoms with van der Waals surface area (Å²) < 4.78 is 34.6. The molecule has 1 aliphatic carbocycles. The summed E-state index contributed by atoms with van der Waals surface area (Å²) in [5.41, 5.74) is 5.19. The van der Waals surface area contributed by atoms with E-state index in [-0.39, 0.29) is 23.4 Å². The molecule has 4 aromatic carbocycles. The van der Waals surface area contributed by atoms with E-state index in [4.69, 9.17) is 4.74 Å². The van der Waals surface area contributed by atoms with E-state index in [0.717, 1.165) is 24.0 Å². The topological polar surface area (TPSA) is 75.7 Å². The zero-order valence-electron chi connectivity index (χ0n) is 22.8. The molecule has 0 spiro atoms. The van der Waals surface area contributed by atoms with Crippen LogP contribution in [0.2, 0.25) is 0 Å². The number of aryl methyl sites for hydroxylation is 2. The van der Waals surface area contributed by atoms with Gasteiger partial charge in [-0.05, 0) is 91.3 Å². The predicted molar refractivity (Wildman–Crippen MR) is 158 cm³/mol. The standard InChI is InChI=1S/C33H34N2O4S/c1-24(27-17-16-26-12-6-7-13-28(26)22-27)34-33(36)31-14-8-9-15-32(31)35(23-25-10-4-3-5-11-25)40(37,38)30-20-18-29(39-2)19-21-30/h3-5,8-11,14-22,24H,6-7,12-13,23H2,1-2H3,(H,34,36)/t24-/m1/s1. The van der Waals surface area contributed by atoms with Gasteiger partial charge in [-0.15, -0.1) is 0 Å². The highest BCUT2D eigenvalue weighted by Crippen LogP contribution is 2.31. The Balaban J connectivity index is 1.49. The van der Waals surface area contributed by atoms with E-state index in [2.05, 4.69) is 23.5 Å². The van der Waals surface area contributed by atoms with Crippen molar-refractivity contribution in [1.82, 2.24) is 5.32 Å². The Labute approximate surface area is 236 Å². The second-order valence-electron chi connectivity index (χ2n) is 10.1. The van der Waals surface area contributed by atoms with Crippen molar-refractivity contribution in [1.29, 1.82) is 0 Å². The predicted octanol–water partition coefficient (Wildman–Crippen LogP) is 6.46. The van der Waals surface area contributed by atoms with Gasteiger partial charge in [-0.3, -0.25) is 9.10 Å². The van der Waals surface area contributed by atoms with Crippen LogP contribution in [0.15, 0.2) is 102 Å². The Hall–Kier alpha value is -4.10. The van der Waals surface area contributed by atoms with Crippen LogP contribution in [-0.4, -0.2) is 21.4 Å². The molecular formula is C33H34N2O4S. The Morgan fingerprint density at radius 3 is 2.27 bits per heavy atom. The van der Waals surface area contributed by atoms with Gasteiger partial charge in [0.1, 0.15) is 5.75 Å². The van der Waals surface area contributed by atoms with Gasteiger partial charge in [0.15, 0.2) is 0 Å². The van der Waals surface area contributed by atoms with Crippen molar-refractivity contribution < 1.29 is 17.9 Å². The van der Waals surface area contributed by atoms with Crippen molar-refractivity contribution in [3.05, 3.63) is 125 Å². The average Bonchev–Trinajstić information content (AvgIpc) is 3.00. The van der Waals surface area contributed by atoms with Crippen LogP contribution in [0.4, 0.5) is 5.69 Å². The van der Waals surface area contributed by atoms with Crippen molar-refractivity contribution in [3.8, 4) is 5.75 Å². The highest BCUT2D eigenvalue weighted by atomic mass is 32.2. The summed E-state index contributed by atoms with van der Waals surface area (Å²) in [6.07, 6.45) is 4.56. The lowest BCUT2D eigenvalue weighted by molar-refractivity contribution is 0.0940. The lowest BCUT2D eigenvalue weighted by atomic mass is 9.89. The van der Waals surface area contributed by atoms with Gasteiger partial charge in [0.05, 0.1) is 35.8 Å². The van der Waals surface area contributed by atoms with E-state index in [1.165, 1.54) is 47.5 Å². The molecule has 0 unspecified atom stereocenters. The number of sulfonamides is 1. The van der Waals surface area contributed by atoms with Crippen LogP contribution in [-0.2, 0) is 29.4 Å². The number of para-hydroxylation sites is 1. The van der Waals surface area contributed by atoms with Crippen LogP contribution in [0.1, 0.15) is 58.4 Å². The van der Waals surface area contributed by atoms with E-state index < -0.39 is 10.0 Å². The van der Waals surface area contributed by atoms with Crippen LogP contribution >= 0.6 is 0 Å². The minimum absolute atomic E-state index is 0.0693. The number of benzene rings is 4. The maximum Gasteiger partial charge on any atom is 0.264 e.